The lowest BCUT2D eigenvalue weighted by Gasteiger charge is -2.18. The Morgan fingerprint density at radius 3 is 2.81 bits per heavy atom. The van der Waals surface area contributed by atoms with Crippen molar-refractivity contribution in [2.75, 3.05) is 20.7 Å². The molecule has 1 amide bonds. The molecule has 0 radical (unpaired) electrons. The van der Waals surface area contributed by atoms with Gasteiger partial charge in [0.2, 0.25) is 5.91 Å². The smallest absolute Gasteiger partial charge is 0.222 e. The molecule has 0 bridgehead atoms. The Hall–Kier alpha value is -1.43. The van der Waals surface area contributed by atoms with E-state index in [9.17, 15) is 9.59 Å². The van der Waals surface area contributed by atoms with Crippen molar-refractivity contribution in [1.29, 1.82) is 0 Å². The molecular weight excluding hydrogens is 426 g/mol. The maximum Gasteiger partial charge on any atom is 0.222 e. The number of ether oxygens (including phenoxy) is 2. The van der Waals surface area contributed by atoms with E-state index in [1.54, 1.807) is 32.1 Å². The van der Waals surface area contributed by atoms with Crippen LogP contribution in [-0.2, 0) is 19.1 Å². The fraction of sp³-hybridized carbons (Fsp3) is 0.692. The molecule has 0 aromatic carbocycles. The number of methoxy groups -OCH3 is 1. The molecule has 5 nitrogen and oxygen atoms in total. The van der Waals surface area contributed by atoms with Crippen molar-refractivity contribution in [1.82, 2.24) is 4.90 Å². The number of hydrogen-bond acceptors (Lipinski definition) is 4. The van der Waals surface area contributed by atoms with Crippen LogP contribution < -0.4 is 0 Å². The molecule has 0 spiro atoms. The van der Waals surface area contributed by atoms with Crippen molar-refractivity contribution >= 4 is 23.3 Å². The number of fused-ring (bicyclic) bond motifs is 1. The van der Waals surface area contributed by atoms with Crippen LogP contribution in [0.5, 0.6) is 0 Å². The highest BCUT2D eigenvalue weighted by atomic mass is 35.5. The van der Waals surface area contributed by atoms with E-state index in [1.165, 1.54) is 32.1 Å². The zero-order valence-corrected chi connectivity index (χ0v) is 21.0. The summed E-state index contributed by atoms with van der Waals surface area (Å²) in [5.41, 5.74) is -0.195. The van der Waals surface area contributed by atoms with Crippen molar-refractivity contribution in [2.24, 2.45) is 0 Å². The molecule has 3 atom stereocenters. The summed E-state index contributed by atoms with van der Waals surface area (Å²) in [7, 11) is 3.51. The maximum atomic E-state index is 12.4. The van der Waals surface area contributed by atoms with Gasteiger partial charge < -0.3 is 14.4 Å². The molecule has 2 rings (SSSR count). The second-order valence-electron chi connectivity index (χ2n) is 9.00. The second-order valence-corrected chi connectivity index (χ2v) is 9.48. The molecule has 1 saturated heterocycles. The number of likely N-dealkylation sites (N-methyl/N-ethyl adjacent to an activating group) is 1. The van der Waals surface area contributed by atoms with Gasteiger partial charge in [-0.2, -0.15) is 0 Å². The fourth-order valence-corrected chi connectivity index (χ4v) is 4.51. The summed E-state index contributed by atoms with van der Waals surface area (Å²) in [5, 5.41) is 0.462. The Morgan fingerprint density at radius 2 is 2.09 bits per heavy atom. The predicted octanol–water partition coefficient (Wildman–Crippen LogP) is 5.73. The average molecular weight is 466 g/mol. The van der Waals surface area contributed by atoms with Gasteiger partial charge in [-0.25, -0.2) is 0 Å². The van der Waals surface area contributed by atoms with Gasteiger partial charge in [0.05, 0.1) is 12.6 Å². The third kappa shape index (κ3) is 7.86. The molecule has 2 aliphatic rings. The first-order valence-corrected chi connectivity index (χ1v) is 12.4. The maximum absolute atomic E-state index is 12.4. The first-order chi connectivity index (χ1) is 15.3. The summed E-state index contributed by atoms with van der Waals surface area (Å²) < 4.78 is 11.2. The SMILES string of the molecule is CCCCCCC[C@H](CC=CCCC(=O)N(C)CC(Cl)=C[C@@]12O[C@@H]1CC=C(C)C2=O)OC. The van der Waals surface area contributed by atoms with Gasteiger partial charge in [0.1, 0.15) is 6.10 Å². The van der Waals surface area contributed by atoms with Gasteiger partial charge in [-0.1, -0.05) is 68.9 Å². The van der Waals surface area contributed by atoms with Gasteiger partial charge in [0.15, 0.2) is 11.4 Å². The summed E-state index contributed by atoms with van der Waals surface area (Å²) in [6.45, 7) is 4.31. The Labute approximate surface area is 198 Å². The fourth-order valence-electron chi connectivity index (χ4n) is 4.17. The highest BCUT2D eigenvalue weighted by Crippen LogP contribution is 2.47. The molecule has 0 saturated carbocycles. The number of rotatable bonds is 15. The van der Waals surface area contributed by atoms with Gasteiger partial charge in [-0.05, 0) is 44.3 Å². The third-order valence-corrected chi connectivity index (χ3v) is 6.58. The van der Waals surface area contributed by atoms with Crippen LogP contribution in [0.1, 0.15) is 78.1 Å². The lowest BCUT2D eigenvalue weighted by atomic mass is 9.87. The second kappa shape index (κ2) is 13.3. The van der Waals surface area contributed by atoms with Crippen LogP contribution in [0.2, 0.25) is 0 Å². The normalized spacial score (nSPS) is 23.8. The molecule has 1 heterocycles. The van der Waals surface area contributed by atoms with Crippen LogP contribution in [-0.4, -0.2) is 55.1 Å². The molecule has 0 N–H and O–H groups in total. The molecule has 1 aliphatic carbocycles. The van der Waals surface area contributed by atoms with Gasteiger partial charge in [-0.3, -0.25) is 9.59 Å². The highest BCUT2D eigenvalue weighted by Gasteiger charge is 2.62. The minimum absolute atomic E-state index is 0.0252. The summed E-state index contributed by atoms with van der Waals surface area (Å²) in [6, 6.07) is 0. The molecule has 0 unspecified atom stereocenters. The topological polar surface area (TPSA) is 59.1 Å². The van der Waals surface area contributed by atoms with E-state index < -0.39 is 5.60 Å². The Balaban J connectivity index is 1.67. The van der Waals surface area contributed by atoms with E-state index in [1.807, 2.05) is 6.08 Å². The molecule has 32 heavy (non-hydrogen) atoms. The first-order valence-electron chi connectivity index (χ1n) is 12.0. The van der Waals surface area contributed by atoms with E-state index in [0.717, 1.165) is 19.3 Å². The van der Waals surface area contributed by atoms with Crippen LogP contribution >= 0.6 is 11.6 Å². The molecule has 0 aromatic rings. The van der Waals surface area contributed by atoms with Crippen molar-refractivity contribution in [2.45, 2.75) is 95.9 Å². The number of amides is 1. The van der Waals surface area contributed by atoms with Gasteiger partial charge >= 0.3 is 0 Å². The number of allylic oxidation sites excluding steroid dienone is 1. The van der Waals surface area contributed by atoms with E-state index in [-0.39, 0.29) is 30.4 Å². The standard InChI is InChI=1S/C26H40ClNO4/c1-5-6-7-8-10-13-22(31-4)14-11-9-12-15-24(29)28(3)19-21(27)18-26-23(32-26)17-16-20(2)25(26)30/h9,11,16,18,22-23H,5-8,10,12-15,17,19H2,1-4H3/t22-,23-,26-/m1/s1. The third-order valence-electron chi connectivity index (χ3n) is 6.35. The summed E-state index contributed by atoms with van der Waals surface area (Å²) >= 11 is 6.37. The van der Waals surface area contributed by atoms with Gasteiger partial charge in [0, 0.05) is 25.6 Å². The van der Waals surface area contributed by atoms with E-state index >= 15 is 0 Å². The van der Waals surface area contributed by atoms with E-state index in [4.69, 9.17) is 21.1 Å². The van der Waals surface area contributed by atoms with Crippen LogP contribution in [0.25, 0.3) is 0 Å². The molecule has 1 aliphatic heterocycles. The monoisotopic (exact) mass is 465 g/mol. The van der Waals surface area contributed by atoms with E-state index in [2.05, 4.69) is 19.1 Å². The number of unbranched alkanes of at least 4 members (excludes halogenated alkanes) is 4. The molecule has 180 valence electrons. The van der Waals surface area contributed by atoms with Crippen LogP contribution in [0.15, 0.2) is 34.9 Å². The number of carbonyl (C=O) groups excluding carboxylic acids is 2. The molecular formula is C26H40ClNO4. The molecule has 1 fully saturated rings. The summed E-state index contributed by atoms with van der Waals surface area (Å²) in [4.78, 5) is 26.5. The van der Waals surface area contributed by atoms with Crippen LogP contribution in [0, 0.1) is 0 Å². The van der Waals surface area contributed by atoms with Crippen molar-refractivity contribution in [3.8, 4) is 0 Å². The molecule has 0 aromatic heterocycles. The van der Waals surface area contributed by atoms with Gasteiger partial charge in [0.25, 0.3) is 0 Å². The Bertz CT molecular complexity index is 729. The zero-order chi connectivity index (χ0) is 23.6. The Morgan fingerprint density at radius 1 is 1.34 bits per heavy atom. The number of Topliss-reactive ketones (excluding diaryl/α,β-unsaturated/α-hetero) is 1. The zero-order valence-electron chi connectivity index (χ0n) is 20.2. The van der Waals surface area contributed by atoms with Crippen LogP contribution in [0.4, 0.5) is 0 Å². The molecule has 6 heteroatoms. The van der Waals surface area contributed by atoms with Crippen molar-refractivity contribution in [3.05, 3.63) is 34.9 Å². The van der Waals surface area contributed by atoms with Crippen molar-refractivity contribution in [3.63, 3.8) is 0 Å². The number of ketones is 1. The quantitative estimate of drug-likeness (QED) is 0.176. The highest BCUT2D eigenvalue weighted by molar-refractivity contribution is 6.30. The number of halogens is 1. The minimum Gasteiger partial charge on any atom is -0.381 e. The first kappa shape index (κ1) is 26.8. The lowest BCUT2D eigenvalue weighted by molar-refractivity contribution is -0.129. The van der Waals surface area contributed by atoms with E-state index in [0.29, 0.717) is 23.4 Å². The average Bonchev–Trinajstić information content (AvgIpc) is 3.48. The Kier molecular flexibility index (Phi) is 11.2. The predicted molar refractivity (Wildman–Crippen MR) is 130 cm³/mol. The van der Waals surface area contributed by atoms with Crippen LogP contribution in [0.3, 0.4) is 0 Å². The van der Waals surface area contributed by atoms with Gasteiger partial charge in [-0.15, -0.1) is 0 Å². The summed E-state index contributed by atoms with van der Waals surface area (Å²) in [6.07, 6.45) is 18.1. The minimum atomic E-state index is -0.906. The number of hydrogen-bond donors (Lipinski definition) is 0. The largest absolute Gasteiger partial charge is 0.381 e. The number of carbonyl (C=O) groups is 2. The lowest BCUT2D eigenvalue weighted by Crippen LogP contribution is -2.31. The van der Waals surface area contributed by atoms with Crippen molar-refractivity contribution < 1.29 is 19.1 Å². The summed E-state index contributed by atoms with van der Waals surface area (Å²) in [5.74, 6) is -0.00133. The number of epoxide rings is 1. The number of nitrogens with zero attached hydrogens (tertiary/aromatic N) is 1.